The van der Waals surface area contributed by atoms with E-state index in [1.165, 1.54) is 38.5 Å². The van der Waals surface area contributed by atoms with E-state index in [9.17, 15) is 4.79 Å². The molecule has 4 saturated carbocycles. The first-order valence-electron chi connectivity index (χ1n) is 10.0. The normalized spacial score (nSPS) is 36.7. The third kappa shape index (κ3) is 2.91. The first-order chi connectivity index (χ1) is 12.6. The zero-order chi connectivity index (χ0) is 17.7. The zero-order valence-corrected chi connectivity index (χ0v) is 15.4. The minimum Gasteiger partial charge on any atom is -0.486 e. The molecule has 1 aliphatic heterocycles. The van der Waals surface area contributed by atoms with Crippen molar-refractivity contribution in [1.29, 1.82) is 0 Å². The molecule has 5 nitrogen and oxygen atoms in total. The summed E-state index contributed by atoms with van der Waals surface area (Å²) in [6, 6.07) is 7.74. The van der Waals surface area contributed by atoms with E-state index in [4.69, 9.17) is 9.47 Å². The minimum absolute atomic E-state index is 0.0365. The number of rotatable bonds is 3. The summed E-state index contributed by atoms with van der Waals surface area (Å²) in [6.07, 6.45) is 7.56. The Morgan fingerprint density at radius 3 is 2.38 bits per heavy atom. The lowest BCUT2D eigenvalue weighted by atomic mass is 9.53. The van der Waals surface area contributed by atoms with Crippen LogP contribution in [0.2, 0.25) is 0 Å². The van der Waals surface area contributed by atoms with Gasteiger partial charge in [-0.25, -0.2) is 4.79 Å². The summed E-state index contributed by atoms with van der Waals surface area (Å²) < 4.78 is 11.8. The van der Waals surface area contributed by atoms with Gasteiger partial charge in [-0.05, 0) is 68.4 Å². The first kappa shape index (κ1) is 16.3. The predicted octanol–water partition coefficient (Wildman–Crippen LogP) is 3.44. The molecular formula is C21H28N2O3. The second-order valence-electron chi connectivity index (χ2n) is 9.01. The van der Waals surface area contributed by atoms with Crippen LogP contribution in [-0.4, -0.2) is 42.8 Å². The summed E-state index contributed by atoms with van der Waals surface area (Å²) >= 11 is 0. The molecule has 2 amide bonds. The van der Waals surface area contributed by atoms with Crippen molar-refractivity contribution in [2.75, 3.05) is 20.2 Å². The van der Waals surface area contributed by atoms with Crippen LogP contribution in [0.4, 0.5) is 4.79 Å². The third-order valence-corrected chi connectivity index (χ3v) is 6.80. The van der Waals surface area contributed by atoms with E-state index in [2.05, 4.69) is 5.32 Å². The molecule has 6 rings (SSSR count). The lowest BCUT2D eigenvalue weighted by Gasteiger charge is -2.57. The summed E-state index contributed by atoms with van der Waals surface area (Å²) in [6.45, 7) is 1.01. The molecule has 1 aromatic carbocycles. The molecule has 1 unspecified atom stereocenters. The Labute approximate surface area is 155 Å². The highest BCUT2D eigenvalue weighted by molar-refractivity contribution is 5.75. The fourth-order valence-electron chi connectivity index (χ4n) is 6.13. The van der Waals surface area contributed by atoms with Crippen molar-refractivity contribution in [2.24, 2.45) is 17.8 Å². The third-order valence-electron chi connectivity index (χ3n) is 6.80. The van der Waals surface area contributed by atoms with Crippen LogP contribution in [0.25, 0.3) is 0 Å². The molecule has 26 heavy (non-hydrogen) atoms. The second-order valence-corrected chi connectivity index (χ2v) is 9.01. The van der Waals surface area contributed by atoms with Gasteiger partial charge >= 0.3 is 6.03 Å². The van der Waals surface area contributed by atoms with Gasteiger partial charge in [-0.15, -0.1) is 0 Å². The Bertz CT molecular complexity index is 669. The number of likely N-dealkylation sites (N-methyl/N-ethyl adjacent to an activating group) is 1. The predicted molar refractivity (Wildman–Crippen MR) is 98.4 cm³/mol. The molecule has 1 N–H and O–H groups in total. The highest BCUT2D eigenvalue weighted by Crippen LogP contribution is 2.55. The van der Waals surface area contributed by atoms with Gasteiger partial charge in [0.1, 0.15) is 6.61 Å². The largest absolute Gasteiger partial charge is 0.486 e. The minimum atomic E-state index is -0.128. The van der Waals surface area contributed by atoms with Crippen molar-refractivity contribution in [1.82, 2.24) is 10.2 Å². The fraction of sp³-hybridized carbons (Fsp3) is 0.667. The van der Waals surface area contributed by atoms with Crippen molar-refractivity contribution in [3.05, 3.63) is 24.3 Å². The van der Waals surface area contributed by atoms with Gasteiger partial charge in [0.15, 0.2) is 17.6 Å². The highest BCUT2D eigenvalue weighted by atomic mass is 16.6. The summed E-state index contributed by atoms with van der Waals surface area (Å²) in [5, 5.41) is 3.42. The van der Waals surface area contributed by atoms with Crippen LogP contribution in [0.5, 0.6) is 11.5 Å². The van der Waals surface area contributed by atoms with Crippen LogP contribution in [0.1, 0.15) is 38.5 Å². The number of hydrogen-bond donors (Lipinski definition) is 1. The standard InChI is InChI=1S/C21H28N2O3/c1-23(12-17-13-25-18-4-2-3-5-19(18)26-17)20(24)22-21-9-14-6-15(10-21)8-16(7-14)11-21/h2-5,14-17H,6-13H2,1H3,(H,22,24). The van der Waals surface area contributed by atoms with Gasteiger partial charge in [0, 0.05) is 12.6 Å². The molecule has 1 heterocycles. The molecule has 5 heteroatoms. The van der Waals surface area contributed by atoms with Crippen LogP contribution in [0, 0.1) is 17.8 Å². The van der Waals surface area contributed by atoms with Crippen molar-refractivity contribution in [2.45, 2.75) is 50.2 Å². The Morgan fingerprint density at radius 1 is 1.12 bits per heavy atom. The van der Waals surface area contributed by atoms with Crippen LogP contribution in [-0.2, 0) is 0 Å². The molecule has 1 atom stereocenters. The maximum absolute atomic E-state index is 12.9. The first-order valence-corrected chi connectivity index (χ1v) is 10.0. The number of ether oxygens (including phenoxy) is 2. The van der Waals surface area contributed by atoms with Gasteiger partial charge < -0.3 is 19.7 Å². The Morgan fingerprint density at radius 2 is 1.73 bits per heavy atom. The number of urea groups is 1. The summed E-state index contributed by atoms with van der Waals surface area (Å²) in [7, 11) is 1.86. The van der Waals surface area contributed by atoms with Crippen molar-refractivity contribution in [3.63, 3.8) is 0 Å². The Balaban J connectivity index is 1.20. The fourth-order valence-corrected chi connectivity index (χ4v) is 6.13. The van der Waals surface area contributed by atoms with Gasteiger partial charge in [0.25, 0.3) is 0 Å². The molecule has 4 fully saturated rings. The van der Waals surface area contributed by atoms with Crippen molar-refractivity contribution in [3.8, 4) is 11.5 Å². The number of amides is 2. The number of benzene rings is 1. The molecule has 0 spiro atoms. The van der Waals surface area contributed by atoms with Gasteiger partial charge in [-0.3, -0.25) is 0 Å². The number of carbonyl (C=O) groups excluding carboxylic acids is 1. The van der Waals surface area contributed by atoms with Crippen LogP contribution in [0.15, 0.2) is 24.3 Å². The lowest BCUT2D eigenvalue weighted by Crippen LogP contribution is -2.62. The highest BCUT2D eigenvalue weighted by Gasteiger charge is 2.51. The average Bonchev–Trinajstić information content (AvgIpc) is 2.60. The van der Waals surface area contributed by atoms with Gasteiger partial charge in [-0.2, -0.15) is 0 Å². The zero-order valence-electron chi connectivity index (χ0n) is 15.4. The summed E-state index contributed by atoms with van der Waals surface area (Å²) in [5.74, 6) is 4.04. The van der Waals surface area contributed by atoms with E-state index in [1.807, 2.05) is 31.3 Å². The average molecular weight is 356 g/mol. The SMILES string of the molecule is CN(CC1COc2ccccc2O1)C(=O)NC12CC3CC(CC(C3)C1)C2. The van der Waals surface area contributed by atoms with Gasteiger partial charge in [0.05, 0.1) is 6.54 Å². The van der Waals surface area contributed by atoms with Crippen LogP contribution in [0.3, 0.4) is 0 Å². The van der Waals surface area contributed by atoms with E-state index in [1.54, 1.807) is 4.90 Å². The molecule has 4 aliphatic carbocycles. The molecular weight excluding hydrogens is 328 g/mol. The quantitative estimate of drug-likeness (QED) is 0.903. The molecule has 4 bridgehead atoms. The number of hydrogen-bond acceptors (Lipinski definition) is 3. The van der Waals surface area contributed by atoms with Gasteiger partial charge in [-0.1, -0.05) is 12.1 Å². The number of para-hydroxylation sites is 2. The molecule has 0 aromatic heterocycles. The number of carbonyl (C=O) groups is 1. The van der Waals surface area contributed by atoms with Crippen LogP contribution >= 0.6 is 0 Å². The maximum atomic E-state index is 12.9. The van der Waals surface area contributed by atoms with E-state index in [0.29, 0.717) is 13.2 Å². The second kappa shape index (κ2) is 6.07. The monoisotopic (exact) mass is 356 g/mol. The van der Waals surface area contributed by atoms with E-state index >= 15 is 0 Å². The molecule has 0 radical (unpaired) electrons. The molecule has 0 saturated heterocycles. The topological polar surface area (TPSA) is 50.8 Å². The number of nitrogens with zero attached hydrogens (tertiary/aromatic N) is 1. The molecule has 140 valence electrons. The molecule has 1 aromatic rings. The Kier molecular flexibility index (Phi) is 3.80. The maximum Gasteiger partial charge on any atom is 0.317 e. The van der Waals surface area contributed by atoms with E-state index in [0.717, 1.165) is 29.3 Å². The van der Waals surface area contributed by atoms with Crippen molar-refractivity contribution < 1.29 is 14.3 Å². The lowest BCUT2D eigenvalue weighted by molar-refractivity contribution is -0.0161. The summed E-state index contributed by atoms with van der Waals surface area (Å²) in [5.41, 5.74) is 0.0522. The Hall–Kier alpha value is -1.91. The smallest absolute Gasteiger partial charge is 0.317 e. The van der Waals surface area contributed by atoms with Gasteiger partial charge in [0.2, 0.25) is 0 Å². The number of nitrogens with one attached hydrogen (secondary N) is 1. The van der Waals surface area contributed by atoms with Crippen LogP contribution < -0.4 is 14.8 Å². The van der Waals surface area contributed by atoms with E-state index in [-0.39, 0.29) is 17.7 Å². The van der Waals surface area contributed by atoms with E-state index < -0.39 is 0 Å². The summed E-state index contributed by atoms with van der Waals surface area (Å²) in [4.78, 5) is 14.6. The molecule has 5 aliphatic rings. The number of fused-ring (bicyclic) bond motifs is 1. The van der Waals surface area contributed by atoms with Crippen molar-refractivity contribution >= 4 is 6.03 Å².